The van der Waals surface area contributed by atoms with Gasteiger partial charge in [-0.2, -0.15) is 5.10 Å². The molecule has 0 N–H and O–H groups in total. The maximum Gasteiger partial charge on any atom is 0.167 e. The number of fused-ring (bicyclic) bond motifs is 1. The second-order valence-corrected chi connectivity index (χ2v) is 8.14. The normalized spacial score (nSPS) is 16.7. The summed E-state index contributed by atoms with van der Waals surface area (Å²) in [4.78, 5) is 12.7. The predicted octanol–water partition coefficient (Wildman–Crippen LogP) is 4.88. The Morgan fingerprint density at radius 1 is 1.30 bits per heavy atom. The van der Waals surface area contributed by atoms with Gasteiger partial charge in [-0.05, 0) is 42.4 Å². The Balaban J connectivity index is 2.19. The van der Waals surface area contributed by atoms with Crippen molar-refractivity contribution in [3.05, 3.63) is 46.2 Å². The molecule has 0 atom stereocenters. The van der Waals surface area contributed by atoms with Gasteiger partial charge in [0.15, 0.2) is 5.78 Å². The molecule has 1 aliphatic carbocycles. The van der Waals surface area contributed by atoms with E-state index in [1.165, 1.54) is 0 Å². The highest BCUT2D eigenvalue weighted by Crippen LogP contribution is 2.37. The monoisotopic (exact) mass is 330 g/mol. The van der Waals surface area contributed by atoms with Gasteiger partial charge in [0.25, 0.3) is 0 Å². The fourth-order valence-electron chi connectivity index (χ4n) is 3.38. The van der Waals surface area contributed by atoms with Crippen LogP contribution in [0.2, 0.25) is 5.02 Å². The third-order valence-corrected chi connectivity index (χ3v) is 4.51. The van der Waals surface area contributed by atoms with Crippen LogP contribution in [0.3, 0.4) is 0 Å². The summed E-state index contributed by atoms with van der Waals surface area (Å²) in [5, 5.41) is 5.48. The molecule has 0 saturated heterocycles. The van der Waals surface area contributed by atoms with E-state index in [2.05, 4.69) is 27.7 Å². The van der Waals surface area contributed by atoms with Crippen molar-refractivity contribution in [2.45, 2.75) is 47.0 Å². The van der Waals surface area contributed by atoms with Crippen molar-refractivity contribution in [3.8, 4) is 5.69 Å². The molecule has 0 aliphatic heterocycles. The van der Waals surface area contributed by atoms with Crippen LogP contribution >= 0.6 is 11.6 Å². The van der Waals surface area contributed by atoms with Crippen LogP contribution in [0.15, 0.2) is 24.3 Å². The fourth-order valence-corrected chi connectivity index (χ4v) is 3.56. The summed E-state index contributed by atoms with van der Waals surface area (Å²) in [6, 6.07) is 7.67. The molecule has 0 radical (unpaired) electrons. The molecule has 0 amide bonds. The van der Waals surface area contributed by atoms with Gasteiger partial charge in [0.05, 0.1) is 22.6 Å². The zero-order chi connectivity index (χ0) is 16.8. The maximum atomic E-state index is 12.7. The molecular weight excluding hydrogens is 308 g/mol. The molecule has 1 heterocycles. The molecule has 0 spiro atoms. The van der Waals surface area contributed by atoms with Crippen molar-refractivity contribution in [1.29, 1.82) is 0 Å². The van der Waals surface area contributed by atoms with Crippen LogP contribution in [-0.2, 0) is 12.8 Å². The Kier molecular flexibility index (Phi) is 4.09. The Morgan fingerprint density at radius 2 is 2.04 bits per heavy atom. The minimum absolute atomic E-state index is 0.0322. The molecule has 0 bridgehead atoms. The van der Waals surface area contributed by atoms with E-state index in [4.69, 9.17) is 16.7 Å². The van der Waals surface area contributed by atoms with Gasteiger partial charge in [-0.1, -0.05) is 45.4 Å². The smallest absolute Gasteiger partial charge is 0.167 e. The third kappa shape index (κ3) is 3.20. The molecule has 2 aromatic rings. The first-order chi connectivity index (χ1) is 10.8. The number of carbonyl (C=O) groups excluding carboxylic acids is 1. The number of carbonyl (C=O) groups is 1. The Hall–Kier alpha value is -1.61. The van der Waals surface area contributed by atoms with E-state index >= 15 is 0 Å². The highest BCUT2D eigenvalue weighted by Gasteiger charge is 2.36. The Bertz CT molecular complexity index is 759. The highest BCUT2D eigenvalue weighted by atomic mass is 35.5. The molecule has 0 saturated carbocycles. The van der Waals surface area contributed by atoms with Crippen molar-refractivity contribution < 1.29 is 4.79 Å². The topological polar surface area (TPSA) is 34.9 Å². The maximum absolute atomic E-state index is 12.7. The van der Waals surface area contributed by atoms with Crippen LogP contribution in [0.1, 0.15) is 55.9 Å². The van der Waals surface area contributed by atoms with Gasteiger partial charge in [-0.15, -0.1) is 0 Å². The van der Waals surface area contributed by atoms with Gasteiger partial charge in [0.2, 0.25) is 0 Å². The number of benzene rings is 1. The van der Waals surface area contributed by atoms with Crippen molar-refractivity contribution in [2.75, 3.05) is 0 Å². The van der Waals surface area contributed by atoms with Gasteiger partial charge in [0, 0.05) is 11.4 Å². The first kappa shape index (κ1) is 16.3. The molecule has 1 aliphatic rings. The van der Waals surface area contributed by atoms with Gasteiger partial charge >= 0.3 is 0 Å². The first-order valence-electron chi connectivity index (χ1n) is 8.17. The minimum atomic E-state index is -0.0322. The molecule has 0 fully saturated rings. The molecule has 0 unspecified atom stereocenters. The van der Waals surface area contributed by atoms with Crippen LogP contribution in [0.4, 0.5) is 0 Å². The molecule has 3 rings (SSSR count). The lowest BCUT2D eigenvalue weighted by Gasteiger charge is -2.29. The number of hydrogen-bond acceptors (Lipinski definition) is 2. The van der Waals surface area contributed by atoms with Gasteiger partial charge < -0.3 is 0 Å². The summed E-state index contributed by atoms with van der Waals surface area (Å²) in [7, 11) is 0. The van der Waals surface area contributed by atoms with E-state index in [1.54, 1.807) is 0 Å². The van der Waals surface area contributed by atoms with Gasteiger partial charge in [-0.3, -0.25) is 4.79 Å². The Morgan fingerprint density at radius 3 is 2.70 bits per heavy atom. The largest absolute Gasteiger partial charge is 0.294 e. The van der Waals surface area contributed by atoms with E-state index in [0.717, 1.165) is 35.5 Å². The number of ketones is 1. The highest BCUT2D eigenvalue weighted by molar-refractivity contribution is 6.30. The number of rotatable bonds is 3. The van der Waals surface area contributed by atoms with Crippen molar-refractivity contribution in [3.63, 3.8) is 0 Å². The molecule has 23 heavy (non-hydrogen) atoms. The number of aromatic nitrogens is 2. The second-order valence-electron chi connectivity index (χ2n) is 7.70. The minimum Gasteiger partial charge on any atom is -0.294 e. The second kappa shape index (κ2) is 5.79. The molecule has 3 nitrogen and oxygen atoms in total. The van der Waals surface area contributed by atoms with Crippen LogP contribution in [-0.4, -0.2) is 15.6 Å². The molecule has 1 aromatic heterocycles. The standard InChI is InChI=1S/C19H23ClN2O/c1-12(2)8-15-18-16(10-19(3,4)11-17(18)23)22(21-15)14-7-5-6-13(20)9-14/h5-7,9,12H,8,10-11H2,1-4H3. The average molecular weight is 331 g/mol. The van der Waals surface area contributed by atoms with E-state index in [-0.39, 0.29) is 11.2 Å². The Labute approximate surface area is 142 Å². The molecule has 122 valence electrons. The van der Waals surface area contributed by atoms with Crippen LogP contribution in [0, 0.1) is 11.3 Å². The lowest BCUT2D eigenvalue weighted by molar-refractivity contribution is 0.0910. The number of Topliss-reactive ketones (excluding diaryl/α,β-unsaturated/α-hetero) is 1. The van der Waals surface area contributed by atoms with Gasteiger partial charge in [0.1, 0.15) is 0 Å². The average Bonchev–Trinajstić information content (AvgIpc) is 2.75. The summed E-state index contributed by atoms with van der Waals surface area (Å²) in [6.07, 6.45) is 2.26. The van der Waals surface area contributed by atoms with E-state index in [9.17, 15) is 4.79 Å². The molecule has 4 heteroatoms. The van der Waals surface area contributed by atoms with Crippen LogP contribution < -0.4 is 0 Å². The first-order valence-corrected chi connectivity index (χ1v) is 8.54. The van der Waals surface area contributed by atoms with E-state index in [0.29, 0.717) is 17.4 Å². The lowest BCUT2D eigenvalue weighted by atomic mass is 9.75. The quantitative estimate of drug-likeness (QED) is 0.804. The zero-order valence-electron chi connectivity index (χ0n) is 14.2. The predicted molar refractivity (Wildman–Crippen MR) is 93.5 cm³/mol. The summed E-state index contributed by atoms with van der Waals surface area (Å²) < 4.78 is 1.93. The van der Waals surface area contributed by atoms with Crippen LogP contribution in [0.25, 0.3) is 5.69 Å². The van der Waals surface area contributed by atoms with Crippen molar-refractivity contribution >= 4 is 17.4 Å². The zero-order valence-corrected chi connectivity index (χ0v) is 14.9. The van der Waals surface area contributed by atoms with Crippen molar-refractivity contribution in [2.24, 2.45) is 11.3 Å². The summed E-state index contributed by atoms with van der Waals surface area (Å²) >= 11 is 6.15. The number of nitrogens with zero attached hydrogens (tertiary/aromatic N) is 2. The molecule has 1 aromatic carbocycles. The third-order valence-electron chi connectivity index (χ3n) is 4.27. The van der Waals surface area contributed by atoms with Gasteiger partial charge in [-0.25, -0.2) is 4.68 Å². The lowest BCUT2D eigenvalue weighted by Crippen LogP contribution is -2.28. The summed E-state index contributed by atoms with van der Waals surface area (Å²) in [5.74, 6) is 0.685. The summed E-state index contributed by atoms with van der Waals surface area (Å²) in [5.41, 5.74) is 3.70. The molecular formula is C19H23ClN2O. The fraction of sp³-hybridized carbons (Fsp3) is 0.474. The summed E-state index contributed by atoms with van der Waals surface area (Å²) in [6.45, 7) is 8.60. The van der Waals surface area contributed by atoms with E-state index < -0.39 is 0 Å². The number of halogens is 1. The SMILES string of the molecule is CC(C)Cc1nn(-c2cccc(Cl)c2)c2c1C(=O)CC(C)(C)C2. The van der Waals surface area contributed by atoms with Crippen molar-refractivity contribution in [1.82, 2.24) is 9.78 Å². The van der Waals surface area contributed by atoms with Crippen LogP contribution in [0.5, 0.6) is 0 Å². The number of hydrogen-bond donors (Lipinski definition) is 0. The van der Waals surface area contributed by atoms with E-state index in [1.807, 2.05) is 28.9 Å².